The van der Waals surface area contributed by atoms with Crippen LogP contribution in [-0.4, -0.2) is 17.1 Å². The lowest BCUT2D eigenvalue weighted by molar-refractivity contribution is 0.315. The van der Waals surface area contributed by atoms with Crippen LogP contribution in [0.15, 0.2) is 59.4 Å². The molecule has 1 aromatic heterocycles. The van der Waals surface area contributed by atoms with Crippen LogP contribution >= 0.6 is 23.1 Å². The fourth-order valence-electron chi connectivity index (χ4n) is 2.79. The van der Waals surface area contributed by atoms with E-state index in [4.69, 9.17) is 16.3 Å². The highest BCUT2D eigenvalue weighted by atomic mass is 35.5. The molecule has 0 aliphatic heterocycles. The summed E-state index contributed by atoms with van der Waals surface area (Å²) in [5, 5.41) is 4.00. The van der Waals surface area contributed by atoms with Gasteiger partial charge in [0, 0.05) is 11.6 Å². The predicted octanol–water partition coefficient (Wildman–Crippen LogP) is 5.87. The first-order valence-electron chi connectivity index (χ1n) is 9.31. The highest BCUT2D eigenvalue weighted by Gasteiger charge is 2.23. The van der Waals surface area contributed by atoms with Gasteiger partial charge < -0.3 is 10.1 Å². The van der Waals surface area contributed by atoms with Gasteiger partial charge in [0.05, 0.1) is 17.0 Å². The minimum absolute atomic E-state index is 0.0205. The van der Waals surface area contributed by atoms with E-state index in [9.17, 15) is 4.79 Å². The van der Waals surface area contributed by atoms with Gasteiger partial charge in [0.1, 0.15) is 11.4 Å². The number of ether oxygens (including phenoxy) is 1. The molecule has 2 aromatic carbocycles. The van der Waals surface area contributed by atoms with Crippen LogP contribution in [0.2, 0.25) is 5.02 Å². The van der Waals surface area contributed by atoms with Crippen molar-refractivity contribution in [2.75, 3.05) is 18.5 Å². The van der Waals surface area contributed by atoms with E-state index in [2.05, 4.69) is 5.32 Å². The van der Waals surface area contributed by atoms with E-state index in [1.54, 1.807) is 6.07 Å². The first-order valence-corrected chi connectivity index (χ1v) is 10.5. The molecule has 28 heavy (non-hydrogen) atoms. The SMILES string of the molecule is CC(C)(C)n1sc(-c2ccccc2)c(NCCCOc2cccc(Cl)c2)c1=O. The largest absolute Gasteiger partial charge is 0.493 e. The third-order valence-corrected chi connectivity index (χ3v) is 5.89. The van der Waals surface area contributed by atoms with Crippen molar-refractivity contribution in [2.45, 2.75) is 32.7 Å². The minimum Gasteiger partial charge on any atom is -0.493 e. The second-order valence-corrected chi connectivity index (χ2v) is 8.91. The fourth-order valence-corrected chi connectivity index (χ4v) is 4.10. The van der Waals surface area contributed by atoms with E-state index < -0.39 is 0 Å². The van der Waals surface area contributed by atoms with E-state index in [1.165, 1.54) is 11.5 Å². The van der Waals surface area contributed by atoms with Crippen LogP contribution < -0.4 is 15.6 Å². The first-order chi connectivity index (χ1) is 13.4. The summed E-state index contributed by atoms with van der Waals surface area (Å²) >= 11 is 7.47. The zero-order valence-electron chi connectivity index (χ0n) is 16.4. The highest BCUT2D eigenvalue weighted by molar-refractivity contribution is 7.11. The van der Waals surface area contributed by atoms with Crippen molar-refractivity contribution in [3.05, 3.63) is 70.0 Å². The molecule has 0 aliphatic carbocycles. The van der Waals surface area contributed by atoms with Gasteiger partial charge in [0.15, 0.2) is 0 Å². The van der Waals surface area contributed by atoms with Gasteiger partial charge in [-0.2, -0.15) is 0 Å². The topological polar surface area (TPSA) is 43.3 Å². The number of hydrogen-bond acceptors (Lipinski definition) is 4. The van der Waals surface area contributed by atoms with Crippen molar-refractivity contribution in [3.63, 3.8) is 0 Å². The molecule has 0 saturated carbocycles. The van der Waals surface area contributed by atoms with Crippen molar-refractivity contribution in [1.29, 1.82) is 0 Å². The average Bonchev–Trinajstić information content (AvgIpc) is 2.99. The van der Waals surface area contributed by atoms with Gasteiger partial charge in [-0.3, -0.25) is 8.75 Å². The number of nitrogens with zero attached hydrogens (tertiary/aromatic N) is 1. The lowest BCUT2D eigenvalue weighted by Gasteiger charge is -2.18. The monoisotopic (exact) mass is 416 g/mol. The molecule has 3 aromatic rings. The smallest absolute Gasteiger partial charge is 0.285 e. The average molecular weight is 417 g/mol. The molecule has 0 radical (unpaired) electrons. The van der Waals surface area contributed by atoms with Gasteiger partial charge in [0.2, 0.25) is 0 Å². The summed E-state index contributed by atoms with van der Waals surface area (Å²) in [5.74, 6) is 0.753. The Morgan fingerprint density at radius 3 is 2.54 bits per heavy atom. The molecular formula is C22H25ClN2O2S. The van der Waals surface area contributed by atoms with Gasteiger partial charge in [0.25, 0.3) is 5.56 Å². The molecule has 0 spiro atoms. The van der Waals surface area contributed by atoms with Crippen LogP contribution in [0.4, 0.5) is 5.69 Å². The van der Waals surface area contributed by atoms with Gasteiger partial charge in [-0.25, -0.2) is 0 Å². The van der Waals surface area contributed by atoms with Gasteiger partial charge in [-0.1, -0.05) is 59.5 Å². The zero-order valence-corrected chi connectivity index (χ0v) is 17.9. The summed E-state index contributed by atoms with van der Waals surface area (Å²) in [5.41, 5.74) is 1.47. The van der Waals surface area contributed by atoms with Crippen molar-refractivity contribution < 1.29 is 4.74 Å². The normalized spacial score (nSPS) is 11.4. The number of halogens is 1. The maximum Gasteiger partial charge on any atom is 0.285 e. The molecule has 0 unspecified atom stereocenters. The Kier molecular flexibility index (Phi) is 6.47. The van der Waals surface area contributed by atoms with Crippen molar-refractivity contribution >= 4 is 28.8 Å². The Morgan fingerprint density at radius 2 is 1.86 bits per heavy atom. The fraction of sp³-hybridized carbons (Fsp3) is 0.318. The van der Waals surface area contributed by atoms with Crippen molar-refractivity contribution in [1.82, 2.24) is 3.96 Å². The Morgan fingerprint density at radius 1 is 1.11 bits per heavy atom. The molecule has 148 valence electrons. The maximum absolute atomic E-state index is 13.0. The van der Waals surface area contributed by atoms with Crippen LogP contribution in [-0.2, 0) is 5.54 Å². The molecule has 1 heterocycles. The van der Waals surface area contributed by atoms with E-state index in [-0.39, 0.29) is 11.1 Å². The zero-order chi connectivity index (χ0) is 20.1. The lowest BCUT2D eigenvalue weighted by atomic mass is 10.1. The minimum atomic E-state index is -0.263. The van der Waals surface area contributed by atoms with Crippen LogP contribution in [0, 0.1) is 0 Å². The molecule has 1 N–H and O–H groups in total. The molecule has 0 saturated heterocycles. The summed E-state index contributed by atoms with van der Waals surface area (Å²) in [6, 6.07) is 17.4. The molecule has 0 amide bonds. The Bertz CT molecular complexity index is 974. The molecule has 0 aliphatic rings. The maximum atomic E-state index is 13.0. The van der Waals surface area contributed by atoms with Crippen molar-refractivity contribution in [3.8, 4) is 16.2 Å². The molecule has 3 rings (SSSR count). The Hall–Kier alpha value is -2.24. The lowest BCUT2D eigenvalue weighted by Crippen LogP contribution is -2.30. The van der Waals surface area contributed by atoms with Gasteiger partial charge >= 0.3 is 0 Å². The molecule has 0 atom stereocenters. The van der Waals surface area contributed by atoms with Crippen LogP contribution in [0.5, 0.6) is 5.75 Å². The molecule has 6 heteroatoms. The number of aromatic nitrogens is 1. The molecular weight excluding hydrogens is 392 g/mol. The van der Waals surface area contributed by atoms with Crippen LogP contribution in [0.3, 0.4) is 0 Å². The summed E-state index contributed by atoms with van der Waals surface area (Å²) in [6.07, 6.45) is 0.769. The van der Waals surface area contributed by atoms with Crippen LogP contribution in [0.1, 0.15) is 27.2 Å². The number of benzene rings is 2. The number of nitrogens with one attached hydrogen (secondary N) is 1. The summed E-state index contributed by atoms with van der Waals surface area (Å²) < 4.78 is 7.56. The van der Waals surface area contributed by atoms with E-state index >= 15 is 0 Å². The van der Waals surface area contributed by atoms with Crippen molar-refractivity contribution in [2.24, 2.45) is 0 Å². The quantitative estimate of drug-likeness (QED) is 0.490. The number of hydrogen-bond donors (Lipinski definition) is 1. The highest BCUT2D eigenvalue weighted by Crippen LogP contribution is 2.33. The summed E-state index contributed by atoms with van der Waals surface area (Å²) in [6.45, 7) is 7.33. The number of anilines is 1. The summed E-state index contributed by atoms with van der Waals surface area (Å²) in [7, 11) is 0. The third-order valence-electron chi connectivity index (χ3n) is 4.14. The van der Waals surface area contributed by atoms with Crippen LogP contribution in [0.25, 0.3) is 10.4 Å². The Balaban J connectivity index is 1.70. The molecule has 0 fully saturated rings. The third kappa shape index (κ3) is 4.97. The Labute approximate surface area is 174 Å². The summed E-state index contributed by atoms with van der Waals surface area (Å²) in [4.78, 5) is 14.0. The second-order valence-electron chi connectivity index (χ2n) is 7.52. The van der Waals surface area contributed by atoms with E-state index in [0.29, 0.717) is 23.9 Å². The second kappa shape index (κ2) is 8.84. The van der Waals surface area contributed by atoms with E-state index in [0.717, 1.165) is 22.6 Å². The standard InChI is InChI=1S/C22H25ClN2O2S/c1-22(2,3)25-21(26)19(20(28-25)16-9-5-4-6-10-16)24-13-8-14-27-18-12-7-11-17(23)15-18/h4-7,9-12,15,24H,8,13-14H2,1-3H3. The van der Waals surface area contributed by atoms with Gasteiger partial charge in [-0.05, 0) is 51.0 Å². The van der Waals surface area contributed by atoms with Gasteiger partial charge in [-0.15, -0.1) is 0 Å². The number of rotatable bonds is 7. The molecule has 4 nitrogen and oxygen atoms in total. The predicted molar refractivity (Wildman–Crippen MR) is 119 cm³/mol. The first kappa shape index (κ1) is 20.5. The molecule has 0 bridgehead atoms. The van der Waals surface area contributed by atoms with E-state index in [1.807, 2.05) is 73.3 Å².